The van der Waals surface area contributed by atoms with E-state index in [1.165, 1.54) is 70.7 Å². The minimum Gasteiger partial charge on any atom is -0.354 e. The Morgan fingerprint density at radius 2 is 1.13 bits per heavy atom. The van der Waals surface area contributed by atoms with Crippen molar-refractivity contribution in [3.8, 4) is 0 Å². The summed E-state index contributed by atoms with van der Waals surface area (Å²) in [5.74, 6) is 0. The van der Waals surface area contributed by atoms with Crippen LogP contribution in [0.5, 0.6) is 0 Å². The van der Waals surface area contributed by atoms with Crippen LogP contribution in [0.4, 0.5) is 0 Å². The van der Waals surface area contributed by atoms with Crippen LogP contribution < -0.4 is 0 Å². The maximum Gasteiger partial charge on any atom is 0.0619 e. The number of para-hydroxylation sites is 3. The summed E-state index contributed by atoms with van der Waals surface area (Å²) in [6, 6.07) is 33.2. The molecular formula is C28H16N2. The van der Waals surface area contributed by atoms with Gasteiger partial charge in [-0.2, -0.15) is 0 Å². The maximum absolute atomic E-state index is 3.67. The zero-order chi connectivity index (χ0) is 19.4. The molecule has 3 heterocycles. The van der Waals surface area contributed by atoms with E-state index < -0.39 is 0 Å². The van der Waals surface area contributed by atoms with Gasteiger partial charge in [0.05, 0.1) is 16.6 Å². The van der Waals surface area contributed by atoms with Gasteiger partial charge >= 0.3 is 0 Å². The van der Waals surface area contributed by atoms with Crippen molar-refractivity contribution < 1.29 is 0 Å². The van der Waals surface area contributed by atoms with Crippen LogP contribution in [0.15, 0.2) is 91.0 Å². The Morgan fingerprint density at radius 3 is 2.03 bits per heavy atom. The monoisotopic (exact) mass is 380 g/mol. The Bertz CT molecular complexity index is 1950. The molecule has 5 aromatic carbocycles. The molecule has 0 aliphatic heterocycles. The maximum atomic E-state index is 3.67. The minimum absolute atomic E-state index is 1.19. The standard InChI is InChI=1S/C28H16N2/c1-3-13-22-20(8-1)26-21-12-5-9-17-19-11-6-10-18-16-7-2-4-14-24(16)30(28(18)19)25(27(17)21)15-23(26)29-22/h1-15,29H. The summed E-state index contributed by atoms with van der Waals surface area (Å²) >= 11 is 0. The number of rotatable bonds is 0. The lowest BCUT2D eigenvalue weighted by Gasteiger charge is -2.14. The summed E-state index contributed by atoms with van der Waals surface area (Å²) < 4.78 is 2.47. The van der Waals surface area contributed by atoms with Crippen molar-refractivity contribution in [1.82, 2.24) is 9.38 Å². The van der Waals surface area contributed by atoms with E-state index in [9.17, 15) is 0 Å². The number of hydrogen-bond donors (Lipinski definition) is 1. The van der Waals surface area contributed by atoms with Crippen molar-refractivity contribution in [1.29, 1.82) is 0 Å². The van der Waals surface area contributed by atoms with Crippen molar-refractivity contribution in [3.05, 3.63) is 91.0 Å². The van der Waals surface area contributed by atoms with E-state index in [0.29, 0.717) is 0 Å². The van der Waals surface area contributed by atoms with Gasteiger partial charge in [0, 0.05) is 43.4 Å². The number of nitrogens with one attached hydrogen (secondary N) is 1. The van der Waals surface area contributed by atoms with E-state index in [-0.39, 0.29) is 0 Å². The lowest BCUT2D eigenvalue weighted by molar-refractivity contribution is 1.35. The molecule has 8 aromatic rings. The number of nitrogens with zero attached hydrogens (tertiary/aromatic N) is 1. The van der Waals surface area contributed by atoms with Crippen LogP contribution in [-0.2, 0) is 0 Å². The average Bonchev–Trinajstić information content (AvgIpc) is 3.34. The summed E-state index contributed by atoms with van der Waals surface area (Å²) in [4.78, 5) is 3.67. The average molecular weight is 380 g/mol. The predicted octanol–water partition coefficient (Wildman–Crippen LogP) is 7.62. The molecule has 0 spiro atoms. The van der Waals surface area contributed by atoms with Crippen molar-refractivity contribution in [2.45, 2.75) is 0 Å². The molecule has 0 saturated carbocycles. The Balaban J connectivity index is 1.82. The molecule has 8 rings (SSSR count). The quantitative estimate of drug-likeness (QED) is 0.206. The van der Waals surface area contributed by atoms with Gasteiger partial charge in [-0.1, -0.05) is 72.8 Å². The third kappa shape index (κ3) is 1.56. The first-order chi connectivity index (χ1) is 14.9. The van der Waals surface area contributed by atoms with Gasteiger partial charge in [0.15, 0.2) is 0 Å². The zero-order valence-electron chi connectivity index (χ0n) is 16.1. The second kappa shape index (κ2) is 4.92. The number of hydrogen-bond acceptors (Lipinski definition) is 0. The van der Waals surface area contributed by atoms with Gasteiger partial charge in [0.2, 0.25) is 0 Å². The van der Waals surface area contributed by atoms with E-state index >= 15 is 0 Å². The molecule has 0 radical (unpaired) electrons. The highest BCUT2D eigenvalue weighted by atomic mass is 14.9. The van der Waals surface area contributed by atoms with Crippen LogP contribution in [0.1, 0.15) is 0 Å². The molecule has 0 aliphatic rings. The Hall–Kier alpha value is -4.04. The Kier molecular flexibility index (Phi) is 2.44. The normalized spacial score (nSPS) is 12.7. The largest absolute Gasteiger partial charge is 0.354 e. The van der Waals surface area contributed by atoms with Crippen LogP contribution in [-0.4, -0.2) is 9.38 Å². The van der Waals surface area contributed by atoms with Crippen molar-refractivity contribution in [2.75, 3.05) is 0 Å². The molecule has 0 saturated heterocycles. The molecule has 0 atom stereocenters. The van der Waals surface area contributed by atoms with Gasteiger partial charge < -0.3 is 9.38 Å². The zero-order valence-corrected chi connectivity index (χ0v) is 16.1. The first-order valence-corrected chi connectivity index (χ1v) is 10.4. The number of fused-ring (bicyclic) bond motifs is 9. The fourth-order valence-electron chi connectivity index (χ4n) is 5.69. The van der Waals surface area contributed by atoms with Crippen molar-refractivity contribution in [3.63, 3.8) is 0 Å². The molecule has 2 nitrogen and oxygen atoms in total. The van der Waals surface area contributed by atoms with Crippen LogP contribution in [0.2, 0.25) is 0 Å². The molecule has 0 fully saturated rings. The summed E-state index contributed by atoms with van der Waals surface area (Å²) in [6.45, 7) is 0. The molecule has 2 heteroatoms. The summed E-state index contributed by atoms with van der Waals surface area (Å²) in [6.07, 6.45) is 0. The highest BCUT2D eigenvalue weighted by Gasteiger charge is 2.19. The molecule has 1 N–H and O–H groups in total. The van der Waals surface area contributed by atoms with Crippen LogP contribution in [0, 0.1) is 0 Å². The molecule has 0 bridgehead atoms. The second-order valence-electron chi connectivity index (χ2n) is 8.27. The topological polar surface area (TPSA) is 20.2 Å². The van der Waals surface area contributed by atoms with Crippen molar-refractivity contribution in [2.24, 2.45) is 0 Å². The summed E-state index contributed by atoms with van der Waals surface area (Å²) in [5.41, 5.74) is 6.24. The fraction of sp³-hybridized carbons (Fsp3) is 0. The van der Waals surface area contributed by atoms with E-state index in [0.717, 1.165) is 0 Å². The van der Waals surface area contributed by atoms with E-state index in [1.807, 2.05) is 0 Å². The fourth-order valence-corrected chi connectivity index (χ4v) is 5.69. The number of benzene rings is 5. The SMILES string of the molecule is c1ccc2c(c1)[nH]c1cc3c4c(cccc4c12)c1cccc2c4ccccc4n3c12. The van der Waals surface area contributed by atoms with E-state index in [4.69, 9.17) is 0 Å². The molecule has 30 heavy (non-hydrogen) atoms. The lowest BCUT2D eigenvalue weighted by atomic mass is 9.96. The first-order valence-electron chi connectivity index (χ1n) is 10.4. The van der Waals surface area contributed by atoms with Gasteiger partial charge in [-0.3, -0.25) is 0 Å². The lowest BCUT2D eigenvalue weighted by Crippen LogP contribution is -1.93. The number of aromatic amines is 1. The predicted molar refractivity (Wildman–Crippen MR) is 128 cm³/mol. The molecule has 3 aromatic heterocycles. The Labute approximate surface area is 171 Å². The third-order valence-electron chi connectivity index (χ3n) is 6.83. The molecule has 0 aliphatic carbocycles. The van der Waals surface area contributed by atoms with Crippen LogP contribution >= 0.6 is 0 Å². The molecular weight excluding hydrogens is 364 g/mol. The number of pyridine rings is 1. The molecule has 138 valence electrons. The van der Waals surface area contributed by atoms with E-state index in [1.54, 1.807) is 0 Å². The van der Waals surface area contributed by atoms with Gasteiger partial charge in [0.25, 0.3) is 0 Å². The van der Waals surface area contributed by atoms with E-state index in [2.05, 4.69) is 100 Å². The number of aromatic nitrogens is 2. The summed E-state index contributed by atoms with van der Waals surface area (Å²) in [5, 5.41) is 10.6. The van der Waals surface area contributed by atoms with Gasteiger partial charge in [-0.15, -0.1) is 0 Å². The molecule has 0 unspecified atom stereocenters. The smallest absolute Gasteiger partial charge is 0.0619 e. The van der Waals surface area contributed by atoms with Gasteiger partial charge in [0.1, 0.15) is 0 Å². The minimum atomic E-state index is 1.19. The van der Waals surface area contributed by atoms with Crippen LogP contribution in [0.3, 0.4) is 0 Å². The third-order valence-corrected chi connectivity index (χ3v) is 6.83. The Morgan fingerprint density at radius 1 is 0.467 bits per heavy atom. The van der Waals surface area contributed by atoms with Gasteiger partial charge in [-0.25, -0.2) is 0 Å². The highest BCUT2D eigenvalue weighted by Crippen LogP contribution is 2.43. The molecule has 0 amide bonds. The highest BCUT2D eigenvalue weighted by molar-refractivity contribution is 6.33. The second-order valence-corrected chi connectivity index (χ2v) is 8.27. The first kappa shape index (κ1) is 14.9. The number of H-pyrrole nitrogens is 1. The summed E-state index contributed by atoms with van der Waals surface area (Å²) in [7, 11) is 0. The van der Waals surface area contributed by atoms with Crippen molar-refractivity contribution >= 4 is 70.7 Å². The van der Waals surface area contributed by atoms with Crippen LogP contribution in [0.25, 0.3) is 70.7 Å². The van der Waals surface area contributed by atoms with Gasteiger partial charge in [-0.05, 0) is 29.0 Å².